The van der Waals surface area contributed by atoms with Crippen molar-refractivity contribution < 1.29 is 17.9 Å². The molecule has 0 unspecified atom stereocenters. The maximum absolute atomic E-state index is 12.8. The fourth-order valence-electron chi connectivity index (χ4n) is 2.71. The van der Waals surface area contributed by atoms with E-state index < -0.39 is 10.0 Å². The third-order valence-corrected chi connectivity index (χ3v) is 5.50. The van der Waals surface area contributed by atoms with Crippen molar-refractivity contribution in [2.75, 3.05) is 20.3 Å². The number of nitrogens with one attached hydrogen (secondary N) is 1. The average Bonchev–Trinajstić information content (AvgIpc) is 2.72. The summed E-state index contributed by atoms with van der Waals surface area (Å²) >= 11 is 0. The molecular formula is C21H21NO4S. The van der Waals surface area contributed by atoms with Gasteiger partial charge in [0.15, 0.2) is 11.5 Å². The van der Waals surface area contributed by atoms with Crippen molar-refractivity contribution in [3.8, 4) is 22.6 Å². The van der Waals surface area contributed by atoms with Crippen molar-refractivity contribution in [3.63, 3.8) is 0 Å². The summed E-state index contributed by atoms with van der Waals surface area (Å²) in [5.74, 6) is 1.18. The Morgan fingerprint density at radius 2 is 1.44 bits per heavy atom. The first-order valence-electron chi connectivity index (χ1n) is 8.52. The van der Waals surface area contributed by atoms with Crippen LogP contribution in [0.25, 0.3) is 11.1 Å². The highest BCUT2D eigenvalue weighted by atomic mass is 32.2. The fourth-order valence-corrected chi connectivity index (χ4v) is 3.95. The van der Waals surface area contributed by atoms with Gasteiger partial charge in [-0.05, 0) is 23.8 Å². The molecule has 27 heavy (non-hydrogen) atoms. The van der Waals surface area contributed by atoms with Crippen LogP contribution in [0, 0.1) is 0 Å². The molecule has 3 rings (SSSR count). The van der Waals surface area contributed by atoms with Gasteiger partial charge < -0.3 is 9.47 Å². The van der Waals surface area contributed by atoms with E-state index in [0.29, 0.717) is 17.1 Å². The first kappa shape index (κ1) is 18.9. The predicted molar refractivity (Wildman–Crippen MR) is 106 cm³/mol. The molecule has 0 amide bonds. The molecule has 1 N–H and O–H groups in total. The summed E-state index contributed by atoms with van der Waals surface area (Å²) in [7, 11) is -2.11. The number of benzene rings is 3. The second-order valence-corrected chi connectivity index (χ2v) is 7.49. The van der Waals surface area contributed by atoms with E-state index in [1.807, 2.05) is 48.5 Å². The molecular weight excluding hydrogens is 362 g/mol. The van der Waals surface area contributed by atoms with Gasteiger partial charge in [-0.25, -0.2) is 13.1 Å². The molecule has 3 aromatic carbocycles. The van der Waals surface area contributed by atoms with Crippen LogP contribution in [-0.4, -0.2) is 28.7 Å². The van der Waals surface area contributed by atoms with E-state index in [4.69, 9.17) is 9.47 Å². The number of methoxy groups -OCH3 is 1. The van der Waals surface area contributed by atoms with Crippen LogP contribution in [0.5, 0.6) is 11.5 Å². The molecule has 5 nitrogen and oxygen atoms in total. The van der Waals surface area contributed by atoms with E-state index in [9.17, 15) is 8.42 Å². The number of rotatable bonds is 8. The van der Waals surface area contributed by atoms with Gasteiger partial charge in [-0.3, -0.25) is 0 Å². The average molecular weight is 383 g/mol. The summed E-state index contributed by atoms with van der Waals surface area (Å²) in [6.45, 7) is 0.330. The molecule has 0 aliphatic rings. The first-order valence-corrected chi connectivity index (χ1v) is 10.00. The molecule has 3 aromatic rings. The van der Waals surface area contributed by atoms with E-state index in [0.717, 1.165) is 5.56 Å². The van der Waals surface area contributed by atoms with Gasteiger partial charge in [0, 0.05) is 12.1 Å². The van der Waals surface area contributed by atoms with Crippen molar-refractivity contribution in [2.45, 2.75) is 4.90 Å². The summed E-state index contributed by atoms with van der Waals surface area (Å²) in [5.41, 5.74) is 1.51. The molecule has 140 valence electrons. The van der Waals surface area contributed by atoms with Crippen LogP contribution in [0.4, 0.5) is 0 Å². The Balaban J connectivity index is 1.69. The van der Waals surface area contributed by atoms with Gasteiger partial charge in [-0.2, -0.15) is 0 Å². The molecule has 0 atom stereocenters. The minimum atomic E-state index is -3.67. The van der Waals surface area contributed by atoms with Crippen LogP contribution < -0.4 is 14.2 Å². The smallest absolute Gasteiger partial charge is 0.241 e. The number of ether oxygens (including phenoxy) is 2. The standard InChI is InChI=1S/C21H21NO4S/c1-25-19-12-6-7-13-20(19)26-16-15-22-27(23,24)21-14-8-5-11-18(21)17-9-3-2-4-10-17/h2-14,22H,15-16H2,1H3. The van der Waals surface area contributed by atoms with E-state index in [2.05, 4.69) is 4.72 Å². The van der Waals surface area contributed by atoms with E-state index in [1.165, 1.54) is 0 Å². The lowest BCUT2D eigenvalue weighted by atomic mass is 10.1. The SMILES string of the molecule is COc1ccccc1OCCNS(=O)(=O)c1ccccc1-c1ccccc1. The minimum absolute atomic E-state index is 0.142. The molecule has 6 heteroatoms. The van der Waals surface area contributed by atoms with Gasteiger partial charge in [0.05, 0.1) is 12.0 Å². The second kappa shape index (κ2) is 8.70. The molecule has 0 aliphatic carbocycles. The monoisotopic (exact) mass is 383 g/mol. The lowest BCUT2D eigenvalue weighted by Crippen LogP contribution is -2.28. The van der Waals surface area contributed by atoms with Crippen molar-refractivity contribution in [3.05, 3.63) is 78.9 Å². The lowest BCUT2D eigenvalue weighted by molar-refractivity contribution is 0.299. The van der Waals surface area contributed by atoms with Crippen molar-refractivity contribution in [2.24, 2.45) is 0 Å². The van der Waals surface area contributed by atoms with E-state index in [1.54, 1.807) is 37.4 Å². The van der Waals surface area contributed by atoms with Crippen LogP contribution >= 0.6 is 0 Å². The second-order valence-electron chi connectivity index (χ2n) is 5.76. The molecule has 0 saturated carbocycles. The zero-order valence-electron chi connectivity index (χ0n) is 15.0. The zero-order chi connectivity index (χ0) is 19.1. The van der Waals surface area contributed by atoms with Crippen molar-refractivity contribution in [1.29, 1.82) is 0 Å². The predicted octanol–water partition coefficient (Wildman–Crippen LogP) is 3.72. The van der Waals surface area contributed by atoms with E-state index >= 15 is 0 Å². The van der Waals surface area contributed by atoms with Gasteiger partial charge in [-0.1, -0.05) is 60.7 Å². The fraction of sp³-hybridized carbons (Fsp3) is 0.143. The zero-order valence-corrected chi connectivity index (χ0v) is 15.8. The highest BCUT2D eigenvalue weighted by molar-refractivity contribution is 7.89. The maximum atomic E-state index is 12.8. The summed E-state index contributed by atoms with van der Waals surface area (Å²) in [5, 5.41) is 0. The summed E-state index contributed by atoms with van der Waals surface area (Å²) in [4.78, 5) is 0.244. The number of hydrogen-bond donors (Lipinski definition) is 1. The molecule has 0 fully saturated rings. The van der Waals surface area contributed by atoms with Gasteiger partial charge in [0.25, 0.3) is 0 Å². The molecule has 0 aromatic heterocycles. The van der Waals surface area contributed by atoms with Crippen LogP contribution in [0.2, 0.25) is 0 Å². The topological polar surface area (TPSA) is 64.6 Å². The minimum Gasteiger partial charge on any atom is -0.493 e. The van der Waals surface area contributed by atoms with Crippen molar-refractivity contribution >= 4 is 10.0 Å². The maximum Gasteiger partial charge on any atom is 0.241 e. The first-order chi connectivity index (χ1) is 13.1. The van der Waals surface area contributed by atoms with Crippen LogP contribution in [0.3, 0.4) is 0 Å². The third kappa shape index (κ3) is 4.67. The highest BCUT2D eigenvalue weighted by Gasteiger charge is 2.18. The molecule has 0 spiro atoms. The van der Waals surface area contributed by atoms with Gasteiger partial charge in [0.1, 0.15) is 6.61 Å². The Morgan fingerprint density at radius 3 is 2.19 bits per heavy atom. The van der Waals surface area contributed by atoms with Crippen molar-refractivity contribution in [1.82, 2.24) is 4.72 Å². The highest BCUT2D eigenvalue weighted by Crippen LogP contribution is 2.27. The lowest BCUT2D eigenvalue weighted by Gasteiger charge is -2.13. The Bertz CT molecular complexity index is 988. The molecule has 0 aliphatic heterocycles. The Kier molecular flexibility index (Phi) is 6.11. The quantitative estimate of drug-likeness (QED) is 0.602. The Hall–Kier alpha value is -2.83. The third-order valence-electron chi connectivity index (χ3n) is 3.98. The van der Waals surface area contributed by atoms with Gasteiger partial charge >= 0.3 is 0 Å². The van der Waals surface area contributed by atoms with Gasteiger partial charge in [0.2, 0.25) is 10.0 Å². The number of para-hydroxylation sites is 2. The van der Waals surface area contributed by atoms with Gasteiger partial charge in [-0.15, -0.1) is 0 Å². The Labute approximate surface area is 159 Å². The largest absolute Gasteiger partial charge is 0.493 e. The van der Waals surface area contributed by atoms with Crippen LogP contribution in [0.1, 0.15) is 0 Å². The molecule has 0 bridgehead atoms. The van der Waals surface area contributed by atoms with E-state index in [-0.39, 0.29) is 18.0 Å². The molecule has 0 saturated heterocycles. The van der Waals surface area contributed by atoms with Crippen LogP contribution in [-0.2, 0) is 10.0 Å². The Morgan fingerprint density at radius 1 is 0.815 bits per heavy atom. The molecule has 0 heterocycles. The van der Waals surface area contributed by atoms with Crippen LogP contribution in [0.15, 0.2) is 83.8 Å². The molecule has 0 radical (unpaired) electrons. The number of sulfonamides is 1. The summed E-state index contributed by atoms with van der Waals surface area (Å²) in [6.07, 6.45) is 0. The summed E-state index contributed by atoms with van der Waals surface area (Å²) in [6, 6.07) is 23.6. The number of hydrogen-bond acceptors (Lipinski definition) is 4. The summed E-state index contributed by atoms with van der Waals surface area (Å²) < 4.78 is 39.0. The normalized spacial score (nSPS) is 11.1.